The minimum Gasteiger partial charge on any atom is -0.467 e. The predicted octanol–water partition coefficient (Wildman–Crippen LogP) is 2.42. The molecule has 0 aromatic rings. The molecule has 0 rings (SSSR count). The van der Waals surface area contributed by atoms with E-state index in [2.05, 4.69) is 6.58 Å². The van der Waals surface area contributed by atoms with E-state index in [1.54, 1.807) is 13.2 Å². The third-order valence-electron chi connectivity index (χ3n) is 1.95. The maximum Gasteiger partial charge on any atom is 0.188 e. The molecular formula is C12H21FO4. The van der Waals surface area contributed by atoms with E-state index in [1.807, 2.05) is 6.92 Å². The smallest absolute Gasteiger partial charge is 0.188 e. The summed E-state index contributed by atoms with van der Waals surface area (Å²) < 4.78 is 33.0. The number of halogens is 1. The maximum absolute atomic E-state index is 12.6. The Kier molecular flexibility index (Phi) is 11.0. The van der Waals surface area contributed by atoms with Crippen molar-refractivity contribution in [1.82, 2.24) is 0 Å². The molecule has 5 heteroatoms. The summed E-state index contributed by atoms with van der Waals surface area (Å²) >= 11 is 0. The van der Waals surface area contributed by atoms with Gasteiger partial charge in [0.2, 0.25) is 0 Å². The third kappa shape index (κ3) is 7.90. The van der Waals surface area contributed by atoms with Crippen molar-refractivity contribution in [3.05, 3.63) is 24.7 Å². The largest absolute Gasteiger partial charge is 0.467 e. The number of hydrogen-bond acceptors (Lipinski definition) is 4. The topological polar surface area (TPSA) is 36.9 Å². The number of rotatable bonds is 11. The van der Waals surface area contributed by atoms with Crippen LogP contribution in [0.3, 0.4) is 0 Å². The molecule has 1 unspecified atom stereocenters. The molecule has 100 valence electrons. The molecular weight excluding hydrogens is 227 g/mol. The summed E-state index contributed by atoms with van der Waals surface area (Å²) in [6, 6.07) is 0. The Morgan fingerprint density at radius 2 is 2.18 bits per heavy atom. The second-order valence-corrected chi connectivity index (χ2v) is 3.19. The summed E-state index contributed by atoms with van der Waals surface area (Å²) in [5.41, 5.74) is 0. The summed E-state index contributed by atoms with van der Waals surface area (Å²) in [5, 5.41) is 0. The molecule has 0 aromatic carbocycles. The molecule has 0 spiro atoms. The Labute approximate surface area is 102 Å². The van der Waals surface area contributed by atoms with Crippen LogP contribution < -0.4 is 0 Å². The van der Waals surface area contributed by atoms with Crippen molar-refractivity contribution in [1.29, 1.82) is 0 Å². The van der Waals surface area contributed by atoms with Crippen molar-refractivity contribution >= 4 is 0 Å². The van der Waals surface area contributed by atoms with Gasteiger partial charge >= 0.3 is 0 Å². The van der Waals surface area contributed by atoms with Gasteiger partial charge in [-0.15, -0.1) is 6.58 Å². The zero-order valence-corrected chi connectivity index (χ0v) is 10.5. The fraction of sp³-hybridized carbons (Fsp3) is 0.667. The monoisotopic (exact) mass is 248 g/mol. The second-order valence-electron chi connectivity index (χ2n) is 3.19. The van der Waals surface area contributed by atoms with Crippen molar-refractivity contribution in [2.45, 2.75) is 19.4 Å². The van der Waals surface area contributed by atoms with Crippen LogP contribution in [0, 0.1) is 0 Å². The highest BCUT2D eigenvalue weighted by Crippen LogP contribution is 2.13. The van der Waals surface area contributed by atoms with Gasteiger partial charge in [0.05, 0.1) is 19.8 Å². The first kappa shape index (κ1) is 16.1. The zero-order chi connectivity index (χ0) is 12.9. The quantitative estimate of drug-likeness (QED) is 0.243. The van der Waals surface area contributed by atoms with Crippen molar-refractivity contribution in [2.75, 3.05) is 33.7 Å². The average Bonchev–Trinajstić information content (AvgIpc) is 2.36. The van der Waals surface area contributed by atoms with Crippen LogP contribution in [0.2, 0.25) is 0 Å². The molecule has 0 aliphatic carbocycles. The fourth-order valence-corrected chi connectivity index (χ4v) is 1.09. The lowest BCUT2D eigenvalue weighted by atomic mass is 10.2. The molecule has 0 saturated carbocycles. The highest BCUT2D eigenvalue weighted by molar-refractivity contribution is 4.95. The fourth-order valence-electron chi connectivity index (χ4n) is 1.09. The lowest BCUT2D eigenvalue weighted by molar-refractivity contribution is -0.0631. The Morgan fingerprint density at radius 3 is 2.71 bits per heavy atom. The second kappa shape index (κ2) is 11.6. The number of ether oxygens (including phenoxy) is 4. The maximum atomic E-state index is 12.6. The molecule has 0 aliphatic heterocycles. The Balaban J connectivity index is 3.90. The van der Waals surface area contributed by atoms with Crippen molar-refractivity contribution in [3.63, 3.8) is 0 Å². The van der Waals surface area contributed by atoms with Gasteiger partial charge < -0.3 is 18.9 Å². The minimum absolute atomic E-state index is 0.0208. The molecule has 17 heavy (non-hydrogen) atoms. The number of methoxy groups -OCH3 is 1. The Bertz CT molecular complexity index is 219. The van der Waals surface area contributed by atoms with Crippen LogP contribution in [0.15, 0.2) is 24.7 Å². The van der Waals surface area contributed by atoms with Crippen molar-refractivity contribution in [3.8, 4) is 0 Å². The van der Waals surface area contributed by atoms with Gasteiger partial charge in [-0.3, -0.25) is 0 Å². The first-order valence-electron chi connectivity index (χ1n) is 5.52. The van der Waals surface area contributed by atoms with Crippen LogP contribution in [0.25, 0.3) is 0 Å². The van der Waals surface area contributed by atoms with Crippen molar-refractivity contribution in [2.24, 2.45) is 0 Å². The molecule has 0 amide bonds. The van der Waals surface area contributed by atoms with Gasteiger partial charge in [0, 0.05) is 7.11 Å². The summed E-state index contributed by atoms with van der Waals surface area (Å²) in [5.74, 6) is 0.131. The molecule has 0 N–H and O–H groups in total. The van der Waals surface area contributed by atoms with Crippen LogP contribution in [0.5, 0.6) is 0 Å². The molecule has 1 atom stereocenters. The lowest BCUT2D eigenvalue weighted by Gasteiger charge is -2.18. The third-order valence-corrected chi connectivity index (χ3v) is 1.95. The average molecular weight is 248 g/mol. The van der Waals surface area contributed by atoms with Crippen LogP contribution in [0.1, 0.15) is 13.3 Å². The Hall–Kier alpha value is -0.910. The summed E-state index contributed by atoms with van der Waals surface area (Å²) in [6.45, 7) is 6.62. The van der Waals surface area contributed by atoms with Gasteiger partial charge in [0.25, 0.3) is 0 Å². The summed E-state index contributed by atoms with van der Waals surface area (Å²) in [4.78, 5) is 0. The van der Waals surface area contributed by atoms with E-state index in [9.17, 15) is 4.39 Å². The van der Waals surface area contributed by atoms with E-state index >= 15 is 0 Å². The van der Waals surface area contributed by atoms with Crippen LogP contribution in [0.4, 0.5) is 4.39 Å². The molecule has 4 nitrogen and oxygen atoms in total. The number of hydrogen-bond donors (Lipinski definition) is 0. The first-order valence-corrected chi connectivity index (χ1v) is 5.52. The van der Waals surface area contributed by atoms with E-state index in [1.165, 1.54) is 0 Å². The van der Waals surface area contributed by atoms with Crippen LogP contribution in [-0.4, -0.2) is 39.8 Å². The van der Waals surface area contributed by atoms with E-state index < -0.39 is 6.10 Å². The minimum atomic E-state index is -0.413. The van der Waals surface area contributed by atoms with Crippen LogP contribution in [-0.2, 0) is 18.9 Å². The lowest BCUT2D eigenvalue weighted by Crippen LogP contribution is -2.18. The summed E-state index contributed by atoms with van der Waals surface area (Å²) in [7, 11) is 1.58. The summed E-state index contributed by atoms with van der Waals surface area (Å²) in [6.07, 6.45) is 2.20. The van der Waals surface area contributed by atoms with Gasteiger partial charge in [-0.2, -0.15) is 0 Å². The molecule has 0 fully saturated rings. The standard InChI is InChI=1S/C12H21FO4/c1-4-6-16-11(5-2)12(9-13)17-10-15-8-7-14-3/h4,9,11H,1,5-8,10H2,2-3H3/b12-9-. The first-order chi connectivity index (χ1) is 8.29. The van der Waals surface area contributed by atoms with Crippen molar-refractivity contribution < 1.29 is 23.3 Å². The molecule has 0 aliphatic rings. The van der Waals surface area contributed by atoms with E-state index in [0.717, 1.165) is 0 Å². The Morgan fingerprint density at radius 1 is 1.41 bits per heavy atom. The SMILES string of the molecule is C=CCOC(CC)/C(=C/F)OCOCCOC. The normalized spacial score (nSPS) is 13.5. The van der Waals surface area contributed by atoms with Gasteiger partial charge in [-0.05, 0) is 6.42 Å². The van der Waals surface area contributed by atoms with Gasteiger partial charge in [-0.1, -0.05) is 13.0 Å². The van der Waals surface area contributed by atoms with Gasteiger partial charge in [0.1, 0.15) is 12.4 Å². The molecule has 0 radical (unpaired) electrons. The highest BCUT2D eigenvalue weighted by atomic mass is 19.1. The zero-order valence-electron chi connectivity index (χ0n) is 10.5. The van der Waals surface area contributed by atoms with Gasteiger partial charge in [-0.25, -0.2) is 4.39 Å². The predicted molar refractivity (Wildman–Crippen MR) is 63.2 cm³/mol. The van der Waals surface area contributed by atoms with Crippen LogP contribution >= 0.6 is 0 Å². The molecule has 0 bridgehead atoms. The molecule has 0 saturated heterocycles. The van der Waals surface area contributed by atoms with E-state index in [-0.39, 0.29) is 12.6 Å². The molecule has 0 heterocycles. The molecule has 0 aromatic heterocycles. The van der Waals surface area contributed by atoms with E-state index in [0.29, 0.717) is 32.6 Å². The van der Waals surface area contributed by atoms with Gasteiger partial charge in [0.15, 0.2) is 12.6 Å². The van der Waals surface area contributed by atoms with E-state index in [4.69, 9.17) is 18.9 Å². The highest BCUT2D eigenvalue weighted by Gasteiger charge is 2.14.